The summed E-state index contributed by atoms with van der Waals surface area (Å²) in [6.07, 6.45) is -0.00629. The Hall–Kier alpha value is -3.81. The molecule has 0 radical (unpaired) electrons. The molecule has 2 aromatic heterocycles. The number of benzene rings is 2. The number of nitrogens with one attached hydrogen (secondary N) is 2. The van der Waals surface area contributed by atoms with E-state index >= 15 is 0 Å². The molecule has 0 amide bonds. The third kappa shape index (κ3) is 4.12. The van der Waals surface area contributed by atoms with Crippen LogP contribution in [0.5, 0.6) is 5.88 Å². The third-order valence-electron chi connectivity index (χ3n) is 4.58. The van der Waals surface area contributed by atoms with Gasteiger partial charge in [0.1, 0.15) is 0 Å². The zero-order valence-corrected chi connectivity index (χ0v) is 15.6. The molecular weight excluding hydrogens is 393 g/mol. The van der Waals surface area contributed by atoms with Crippen LogP contribution in [0.2, 0.25) is 0 Å². The van der Waals surface area contributed by atoms with Gasteiger partial charge >= 0.3 is 6.18 Å². The van der Waals surface area contributed by atoms with E-state index < -0.39 is 11.7 Å². The number of fused-ring (bicyclic) bond motifs is 1. The van der Waals surface area contributed by atoms with E-state index in [0.717, 1.165) is 17.0 Å². The molecule has 3 N–H and O–H groups in total. The Morgan fingerprint density at radius 1 is 1.10 bits per heavy atom. The monoisotopic (exact) mass is 410 g/mol. The lowest BCUT2D eigenvalue weighted by atomic mass is 10.1. The van der Waals surface area contributed by atoms with Gasteiger partial charge in [-0.15, -0.1) is 0 Å². The number of anilines is 1. The highest BCUT2D eigenvalue weighted by Gasteiger charge is 2.33. The Kier molecular flexibility index (Phi) is 5.14. The molecule has 0 saturated carbocycles. The molecule has 30 heavy (non-hydrogen) atoms. The average molecular weight is 410 g/mol. The number of aromatic hydroxyl groups is 1. The van der Waals surface area contributed by atoms with Crippen molar-refractivity contribution in [3.05, 3.63) is 83.7 Å². The number of H-pyrrole nitrogens is 1. The Bertz CT molecular complexity index is 1200. The highest BCUT2D eigenvalue weighted by molar-refractivity contribution is 6.02. The van der Waals surface area contributed by atoms with Crippen molar-refractivity contribution in [1.82, 2.24) is 9.97 Å². The first-order valence-corrected chi connectivity index (χ1v) is 9.09. The van der Waals surface area contributed by atoms with Crippen molar-refractivity contribution in [2.75, 3.05) is 5.32 Å². The Balaban J connectivity index is 1.62. The predicted molar refractivity (Wildman–Crippen MR) is 110 cm³/mol. The number of aromatic nitrogens is 2. The second kappa shape index (κ2) is 7.90. The molecule has 0 fully saturated rings. The minimum absolute atomic E-state index is 0.0414. The van der Waals surface area contributed by atoms with Gasteiger partial charge in [0.25, 0.3) is 0 Å². The summed E-state index contributed by atoms with van der Waals surface area (Å²) < 4.78 is 40.8. The molecule has 152 valence electrons. The minimum Gasteiger partial charge on any atom is -0.494 e. The molecule has 0 aliphatic heterocycles. The fourth-order valence-electron chi connectivity index (χ4n) is 3.12. The van der Waals surface area contributed by atoms with Crippen molar-refractivity contribution in [3.63, 3.8) is 0 Å². The summed E-state index contributed by atoms with van der Waals surface area (Å²) in [5.74, 6) is -0.0919. The van der Waals surface area contributed by atoms with Gasteiger partial charge in [0, 0.05) is 41.7 Å². The van der Waals surface area contributed by atoms with Gasteiger partial charge < -0.3 is 15.4 Å². The van der Waals surface area contributed by atoms with Crippen molar-refractivity contribution < 1.29 is 18.3 Å². The van der Waals surface area contributed by atoms with Gasteiger partial charge in [0.15, 0.2) is 5.88 Å². The van der Waals surface area contributed by atoms with Crippen molar-refractivity contribution in [2.45, 2.75) is 12.7 Å². The molecule has 5 nitrogen and oxygen atoms in total. The zero-order chi connectivity index (χ0) is 21.1. The van der Waals surface area contributed by atoms with E-state index in [1.807, 2.05) is 6.07 Å². The van der Waals surface area contributed by atoms with Gasteiger partial charge in [0.05, 0.1) is 16.8 Å². The molecule has 4 aromatic rings. The summed E-state index contributed by atoms with van der Waals surface area (Å²) in [6.45, 7) is 0.211. The average Bonchev–Trinajstić information content (AvgIpc) is 3.06. The highest BCUT2D eigenvalue weighted by atomic mass is 19.4. The summed E-state index contributed by atoms with van der Waals surface area (Å²) in [7, 11) is 0. The first kappa shape index (κ1) is 19.5. The number of aromatic amines is 1. The topological polar surface area (TPSA) is 73.3 Å². The lowest BCUT2D eigenvalue weighted by Gasteiger charge is -2.15. The Labute approximate surface area is 169 Å². The molecule has 8 heteroatoms. The number of alkyl halides is 3. The van der Waals surface area contributed by atoms with Crippen LogP contribution in [-0.2, 0) is 12.7 Å². The van der Waals surface area contributed by atoms with E-state index in [2.05, 4.69) is 20.3 Å². The van der Waals surface area contributed by atoms with Crippen LogP contribution in [0.1, 0.15) is 16.7 Å². The molecule has 2 aromatic carbocycles. The summed E-state index contributed by atoms with van der Waals surface area (Å²) in [4.78, 5) is 10.9. The smallest absolute Gasteiger partial charge is 0.418 e. The van der Waals surface area contributed by atoms with Crippen LogP contribution in [0.15, 0.2) is 72.0 Å². The SMILES string of the molecule is Oc1[nH]c2ccccc2c1C=Nc1ccc(NCc2cccnc2)c(C(F)(F)F)c1. The first-order valence-electron chi connectivity index (χ1n) is 9.09. The first-order chi connectivity index (χ1) is 14.4. The maximum absolute atomic E-state index is 13.6. The lowest BCUT2D eigenvalue weighted by Crippen LogP contribution is -2.10. The van der Waals surface area contributed by atoms with Crippen molar-refractivity contribution >= 4 is 28.5 Å². The van der Waals surface area contributed by atoms with Crippen molar-refractivity contribution in [1.29, 1.82) is 0 Å². The molecule has 0 aliphatic rings. The van der Waals surface area contributed by atoms with Crippen molar-refractivity contribution in [2.24, 2.45) is 4.99 Å². The highest BCUT2D eigenvalue weighted by Crippen LogP contribution is 2.37. The fraction of sp³-hybridized carbons (Fsp3) is 0.0909. The van der Waals surface area contributed by atoms with E-state index in [1.54, 1.807) is 42.7 Å². The van der Waals surface area contributed by atoms with Crippen LogP contribution >= 0.6 is 0 Å². The van der Waals surface area contributed by atoms with Crippen LogP contribution in [0.4, 0.5) is 24.5 Å². The zero-order valence-electron chi connectivity index (χ0n) is 15.6. The predicted octanol–water partition coefficient (Wildman–Crippen LogP) is 5.65. The van der Waals surface area contributed by atoms with E-state index in [0.29, 0.717) is 11.1 Å². The van der Waals surface area contributed by atoms with Gasteiger partial charge in [-0.1, -0.05) is 24.3 Å². The second-order valence-electron chi connectivity index (χ2n) is 6.63. The molecule has 0 aliphatic carbocycles. The van der Waals surface area contributed by atoms with E-state index in [-0.39, 0.29) is 23.8 Å². The number of pyridine rings is 1. The summed E-state index contributed by atoms with van der Waals surface area (Å²) in [6, 6.07) is 14.5. The Morgan fingerprint density at radius 3 is 2.70 bits per heavy atom. The number of aliphatic imine (C=N–C) groups is 1. The third-order valence-corrected chi connectivity index (χ3v) is 4.58. The quantitative estimate of drug-likeness (QED) is 0.372. The fourth-order valence-corrected chi connectivity index (χ4v) is 3.12. The van der Waals surface area contributed by atoms with Gasteiger partial charge in [-0.2, -0.15) is 13.2 Å². The van der Waals surface area contributed by atoms with Gasteiger partial charge in [-0.3, -0.25) is 9.98 Å². The van der Waals surface area contributed by atoms with Crippen LogP contribution in [0.25, 0.3) is 10.9 Å². The van der Waals surface area contributed by atoms with E-state index in [1.165, 1.54) is 18.3 Å². The van der Waals surface area contributed by atoms with Crippen LogP contribution in [0.3, 0.4) is 0 Å². The molecule has 4 rings (SSSR count). The normalized spacial score (nSPS) is 12.0. The second-order valence-corrected chi connectivity index (χ2v) is 6.63. The molecule has 0 atom stereocenters. The lowest BCUT2D eigenvalue weighted by molar-refractivity contribution is -0.136. The number of hydrogen-bond acceptors (Lipinski definition) is 4. The van der Waals surface area contributed by atoms with Crippen LogP contribution in [0, 0.1) is 0 Å². The largest absolute Gasteiger partial charge is 0.494 e. The van der Waals surface area contributed by atoms with Crippen molar-refractivity contribution in [3.8, 4) is 5.88 Å². The number of hydrogen-bond donors (Lipinski definition) is 3. The number of rotatable bonds is 5. The summed E-state index contributed by atoms with van der Waals surface area (Å²) in [5.41, 5.74) is 1.16. The number of halogens is 3. The van der Waals surface area contributed by atoms with Gasteiger partial charge in [-0.05, 0) is 35.9 Å². The summed E-state index contributed by atoms with van der Waals surface area (Å²) >= 11 is 0. The maximum Gasteiger partial charge on any atom is 0.418 e. The standard InChI is InChI=1S/C22H17F3N4O/c23-22(24,25)18-10-15(7-8-20(18)28-12-14-4-3-9-26-11-14)27-13-17-16-5-1-2-6-19(16)29-21(17)30/h1-11,13,28-30H,12H2. The minimum atomic E-state index is -4.55. The van der Waals surface area contributed by atoms with Crippen LogP contribution in [-0.4, -0.2) is 21.3 Å². The van der Waals surface area contributed by atoms with E-state index in [9.17, 15) is 18.3 Å². The Morgan fingerprint density at radius 2 is 1.93 bits per heavy atom. The maximum atomic E-state index is 13.6. The molecule has 0 unspecified atom stereocenters. The van der Waals surface area contributed by atoms with Crippen LogP contribution < -0.4 is 5.32 Å². The molecule has 0 spiro atoms. The molecule has 2 heterocycles. The molecule has 0 saturated heterocycles. The van der Waals surface area contributed by atoms with Gasteiger partial charge in [-0.25, -0.2) is 0 Å². The van der Waals surface area contributed by atoms with E-state index in [4.69, 9.17) is 0 Å². The van der Waals surface area contributed by atoms with Gasteiger partial charge in [0.2, 0.25) is 0 Å². The number of para-hydroxylation sites is 1. The molecular formula is C22H17F3N4O. The number of nitrogens with zero attached hydrogens (tertiary/aromatic N) is 2. The summed E-state index contributed by atoms with van der Waals surface area (Å²) in [5, 5.41) is 13.6. The molecule has 0 bridgehead atoms.